The van der Waals surface area contributed by atoms with Crippen molar-refractivity contribution >= 4 is 16.0 Å². The summed E-state index contributed by atoms with van der Waals surface area (Å²) < 4.78 is 33.8. The number of nitrogens with zero attached hydrogens (tertiary/aromatic N) is 2. The van der Waals surface area contributed by atoms with Crippen LogP contribution in [0, 0.1) is 0 Å². The van der Waals surface area contributed by atoms with Gasteiger partial charge in [-0.25, -0.2) is 4.72 Å². The van der Waals surface area contributed by atoms with Gasteiger partial charge < -0.3 is 26.2 Å². The van der Waals surface area contributed by atoms with E-state index >= 15 is 0 Å². The molecule has 0 bridgehead atoms. The van der Waals surface area contributed by atoms with Crippen molar-refractivity contribution in [3.63, 3.8) is 0 Å². The molecule has 0 unspecified atom stereocenters. The van der Waals surface area contributed by atoms with Gasteiger partial charge >= 0.3 is 0 Å². The van der Waals surface area contributed by atoms with E-state index in [0.717, 1.165) is 36.2 Å². The van der Waals surface area contributed by atoms with Gasteiger partial charge in [-0.3, -0.25) is 4.79 Å². The Morgan fingerprint density at radius 2 is 1.50 bits per heavy atom. The van der Waals surface area contributed by atoms with Gasteiger partial charge in [0.25, 0.3) is 10.2 Å². The molecule has 2 rings (SSSR count). The summed E-state index contributed by atoms with van der Waals surface area (Å²) in [5, 5.41) is 0. The van der Waals surface area contributed by atoms with E-state index in [1.54, 1.807) is 12.1 Å². The van der Waals surface area contributed by atoms with Crippen LogP contribution in [0.5, 0.6) is 5.75 Å². The summed E-state index contributed by atoms with van der Waals surface area (Å²) in [7, 11) is 3.92. The summed E-state index contributed by atoms with van der Waals surface area (Å²) >= 11 is 0. The largest absolute Gasteiger partial charge is 1.00 e. The highest BCUT2D eigenvalue weighted by molar-refractivity contribution is 7.87. The van der Waals surface area contributed by atoms with Gasteiger partial charge in [0.05, 0.1) is 33.8 Å². The van der Waals surface area contributed by atoms with Gasteiger partial charge in [0.15, 0.2) is 5.78 Å². The molecule has 2 aromatic carbocycles. The van der Waals surface area contributed by atoms with E-state index in [0.29, 0.717) is 24.3 Å². The van der Waals surface area contributed by atoms with Crippen molar-refractivity contribution in [1.82, 2.24) is 9.03 Å². The number of ketones is 1. The first-order chi connectivity index (χ1) is 14.6. The van der Waals surface area contributed by atoms with Gasteiger partial charge in [0.1, 0.15) is 5.75 Å². The number of ether oxygens (including phenoxy) is 1. The van der Waals surface area contributed by atoms with Crippen molar-refractivity contribution in [2.75, 3.05) is 54.4 Å². The second-order valence-electron chi connectivity index (χ2n) is 8.34. The molecule has 0 heterocycles. The molecule has 0 aromatic heterocycles. The predicted molar refractivity (Wildman–Crippen MR) is 123 cm³/mol. The molecule has 1 N–H and O–H groups in total. The Kier molecular flexibility index (Phi) is 11.5. The van der Waals surface area contributed by atoms with Crippen LogP contribution in [0.1, 0.15) is 28.8 Å². The van der Waals surface area contributed by atoms with Crippen molar-refractivity contribution in [1.29, 1.82) is 0 Å². The Labute approximate surface area is 202 Å². The lowest BCUT2D eigenvalue weighted by atomic mass is 10.0. The molecule has 0 fully saturated rings. The van der Waals surface area contributed by atoms with Crippen LogP contribution in [0.4, 0.5) is 0 Å². The fourth-order valence-corrected chi connectivity index (χ4v) is 3.75. The van der Waals surface area contributed by atoms with Crippen LogP contribution in [0.25, 0.3) is 0 Å². The minimum absolute atomic E-state index is 0. The summed E-state index contributed by atoms with van der Waals surface area (Å²) in [6.07, 6.45) is 1.64. The van der Waals surface area contributed by atoms with Crippen LogP contribution in [-0.2, 0) is 10.2 Å². The second kappa shape index (κ2) is 13.1. The van der Waals surface area contributed by atoms with Gasteiger partial charge in [-0.15, -0.1) is 0 Å². The topological polar surface area (TPSA) is 75.7 Å². The van der Waals surface area contributed by atoms with E-state index in [9.17, 15) is 13.2 Å². The minimum Gasteiger partial charge on any atom is -1.00 e. The first kappa shape index (κ1) is 28.3. The maximum absolute atomic E-state index is 12.4. The molecule has 7 nitrogen and oxygen atoms in total. The quantitative estimate of drug-likeness (QED) is 0.217. The maximum atomic E-state index is 12.4. The summed E-state index contributed by atoms with van der Waals surface area (Å²) in [6.45, 7) is 2.80. The summed E-state index contributed by atoms with van der Waals surface area (Å²) in [5.41, 5.74) is 1.31. The van der Waals surface area contributed by atoms with Crippen LogP contribution in [0.15, 0.2) is 54.6 Å². The molecule has 178 valence electrons. The van der Waals surface area contributed by atoms with E-state index in [1.807, 2.05) is 42.5 Å². The third kappa shape index (κ3) is 9.38. The van der Waals surface area contributed by atoms with Crippen LogP contribution in [0.2, 0.25) is 0 Å². The van der Waals surface area contributed by atoms with Crippen molar-refractivity contribution in [2.24, 2.45) is 0 Å². The molecule has 0 radical (unpaired) electrons. The standard InChI is InChI=1S/C23H34N3O4S.BrH/c1-25(2)31(28,29)24-16-8-17-26(3,4)18-9-19-30-22-14-12-21(13-15-22)23(27)20-10-6-5-7-11-20;/h5-7,10-15,24H,8-9,16-19H2,1-4H3;1H/q+1;/p-1. The molecule has 0 saturated heterocycles. The number of rotatable bonds is 13. The van der Waals surface area contributed by atoms with Crippen LogP contribution in [-0.4, -0.2) is 77.4 Å². The molecule has 32 heavy (non-hydrogen) atoms. The van der Waals surface area contributed by atoms with Crippen LogP contribution in [0.3, 0.4) is 0 Å². The Bertz CT molecular complexity index is 933. The molecule has 0 aliphatic rings. The van der Waals surface area contributed by atoms with Crippen molar-refractivity contribution in [3.05, 3.63) is 65.7 Å². The Morgan fingerprint density at radius 3 is 2.09 bits per heavy atom. The highest BCUT2D eigenvalue weighted by Gasteiger charge is 2.16. The monoisotopic (exact) mass is 527 g/mol. The normalized spacial score (nSPS) is 11.8. The number of carbonyl (C=O) groups excluding carboxylic acids is 1. The van der Waals surface area contributed by atoms with Crippen molar-refractivity contribution in [3.8, 4) is 5.75 Å². The zero-order chi connectivity index (χ0) is 22.9. The lowest BCUT2D eigenvalue weighted by molar-refractivity contribution is -0.890. The number of hydrogen-bond acceptors (Lipinski definition) is 4. The number of nitrogens with one attached hydrogen (secondary N) is 1. The molecule has 9 heteroatoms. The first-order valence-corrected chi connectivity index (χ1v) is 11.9. The summed E-state index contributed by atoms with van der Waals surface area (Å²) in [5.74, 6) is 0.743. The summed E-state index contributed by atoms with van der Waals surface area (Å²) in [6, 6.07) is 16.5. The van der Waals surface area contributed by atoms with E-state index in [2.05, 4.69) is 18.8 Å². The van der Waals surface area contributed by atoms with Gasteiger partial charge in [-0.1, -0.05) is 30.3 Å². The predicted octanol–water partition coefficient (Wildman–Crippen LogP) is -0.447. The van der Waals surface area contributed by atoms with Gasteiger partial charge in [0.2, 0.25) is 0 Å². The average Bonchev–Trinajstić information content (AvgIpc) is 2.75. The number of carbonyl (C=O) groups is 1. The number of benzene rings is 2. The van der Waals surface area contributed by atoms with Crippen LogP contribution >= 0.6 is 0 Å². The summed E-state index contributed by atoms with van der Waals surface area (Å²) in [4.78, 5) is 12.4. The van der Waals surface area contributed by atoms with Crippen molar-refractivity contribution in [2.45, 2.75) is 12.8 Å². The second-order valence-corrected chi connectivity index (χ2v) is 10.3. The van der Waals surface area contributed by atoms with Gasteiger partial charge in [-0.2, -0.15) is 12.7 Å². The third-order valence-electron chi connectivity index (χ3n) is 5.03. The maximum Gasteiger partial charge on any atom is 0.278 e. The Hall–Kier alpha value is -1.78. The molecule has 2 aromatic rings. The zero-order valence-corrected chi connectivity index (χ0v) is 21.7. The molecular formula is C23H34BrN3O4S. The Morgan fingerprint density at radius 1 is 0.938 bits per heavy atom. The van der Waals surface area contributed by atoms with Crippen molar-refractivity contribution < 1.29 is 39.4 Å². The molecule has 0 amide bonds. The number of quaternary nitrogens is 1. The average molecular weight is 529 g/mol. The molecule has 0 aliphatic heterocycles. The highest BCUT2D eigenvalue weighted by Crippen LogP contribution is 2.16. The molecule has 0 atom stereocenters. The van der Waals surface area contributed by atoms with E-state index < -0.39 is 10.2 Å². The third-order valence-corrected chi connectivity index (χ3v) is 6.56. The molecule has 0 aliphatic carbocycles. The van der Waals surface area contributed by atoms with E-state index in [1.165, 1.54) is 18.4 Å². The highest BCUT2D eigenvalue weighted by atomic mass is 79.9. The number of halogens is 1. The smallest absolute Gasteiger partial charge is 0.278 e. The van der Waals surface area contributed by atoms with E-state index in [4.69, 9.17) is 4.74 Å². The fraction of sp³-hybridized carbons (Fsp3) is 0.435. The van der Waals surface area contributed by atoms with Gasteiger partial charge in [0, 0.05) is 44.6 Å². The first-order valence-electron chi connectivity index (χ1n) is 10.4. The fourth-order valence-electron chi connectivity index (χ4n) is 3.09. The SMILES string of the molecule is CN(C)S(=O)(=O)NCCC[N+](C)(C)CCCOc1ccc(C(=O)c2ccccc2)cc1.[Br-]. The molecule has 0 spiro atoms. The number of hydrogen-bond donors (Lipinski definition) is 1. The zero-order valence-electron chi connectivity index (χ0n) is 19.3. The van der Waals surface area contributed by atoms with Gasteiger partial charge in [-0.05, 0) is 24.3 Å². The van der Waals surface area contributed by atoms with Crippen LogP contribution < -0.4 is 26.4 Å². The lowest BCUT2D eigenvalue weighted by Gasteiger charge is -2.30. The minimum atomic E-state index is -3.36. The Balaban J connectivity index is 0.00000512. The van der Waals surface area contributed by atoms with E-state index in [-0.39, 0.29) is 22.8 Å². The molecular weight excluding hydrogens is 494 g/mol. The molecule has 0 saturated carbocycles. The lowest BCUT2D eigenvalue weighted by Crippen LogP contribution is -3.00.